The summed E-state index contributed by atoms with van der Waals surface area (Å²) in [6.45, 7) is 4.55. The maximum atomic E-state index is 6.61. The van der Waals surface area contributed by atoms with Crippen molar-refractivity contribution < 1.29 is 0 Å². The molecule has 0 radical (unpaired) electrons. The average molecular weight is 245 g/mol. The van der Waals surface area contributed by atoms with Gasteiger partial charge in [-0.25, -0.2) is 0 Å². The molecule has 0 aliphatic heterocycles. The first-order valence-electron chi connectivity index (χ1n) is 7.61. The molecule has 2 rings (SSSR count). The molecule has 1 saturated carbocycles. The van der Waals surface area contributed by atoms with E-state index in [4.69, 9.17) is 5.73 Å². The lowest BCUT2D eigenvalue weighted by molar-refractivity contribution is 0.196. The molecule has 0 heterocycles. The SMILES string of the molecule is CCc1ccccc1C(N)C1CCCCC1CC. The largest absolute Gasteiger partial charge is 0.324 e. The lowest BCUT2D eigenvalue weighted by Crippen LogP contribution is -2.31. The van der Waals surface area contributed by atoms with Crippen LogP contribution >= 0.6 is 0 Å². The third-order valence-corrected chi connectivity index (χ3v) is 4.75. The minimum Gasteiger partial charge on any atom is -0.324 e. The Morgan fingerprint density at radius 3 is 2.61 bits per heavy atom. The maximum Gasteiger partial charge on any atom is 0.0328 e. The van der Waals surface area contributed by atoms with Gasteiger partial charge in [-0.05, 0) is 35.8 Å². The van der Waals surface area contributed by atoms with E-state index in [2.05, 4.69) is 38.1 Å². The summed E-state index contributed by atoms with van der Waals surface area (Å²) in [5, 5.41) is 0. The number of nitrogens with two attached hydrogens (primary N) is 1. The lowest BCUT2D eigenvalue weighted by Gasteiger charge is -2.36. The van der Waals surface area contributed by atoms with Crippen molar-refractivity contribution in [2.24, 2.45) is 17.6 Å². The molecule has 1 aromatic carbocycles. The minimum absolute atomic E-state index is 0.242. The van der Waals surface area contributed by atoms with Crippen LogP contribution in [0.15, 0.2) is 24.3 Å². The third-order valence-electron chi connectivity index (χ3n) is 4.75. The maximum absolute atomic E-state index is 6.61. The highest BCUT2D eigenvalue weighted by atomic mass is 14.7. The van der Waals surface area contributed by atoms with E-state index >= 15 is 0 Å². The van der Waals surface area contributed by atoms with Crippen molar-refractivity contribution in [2.75, 3.05) is 0 Å². The predicted molar refractivity (Wildman–Crippen MR) is 78.5 cm³/mol. The van der Waals surface area contributed by atoms with E-state index in [0.29, 0.717) is 5.92 Å². The fourth-order valence-electron chi connectivity index (χ4n) is 3.63. The van der Waals surface area contributed by atoms with Crippen molar-refractivity contribution in [1.82, 2.24) is 0 Å². The number of rotatable bonds is 4. The molecule has 1 aromatic rings. The van der Waals surface area contributed by atoms with Crippen LogP contribution in [-0.4, -0.2) is 0 Å². The third kappa shape index (κ3) is 2.77. The molecule has 0 amide bonds. The molecule has 100 valence electrons. The molecule has 3 atom stereocenters. The Balaban J connectivity index is 2.20. The molecule has 3 unspecified atom stereocenters. The number of aryl methyl sites for hydroxylation is 1. The summed E-state index contributed by atoms with van der Waals surface area (Å²) >= 11 is 0. The van der Waals surface area contributed by atoms with E-state index in [1.54, 1.807) is 0 Å². The molecule has 1 fully saturated rings. The molecule has 1 heteroatoms. The highest BCUT2D eigenvalue weighted by molar-refractivity contribution is 5.30. The molecule has 1 nitrogen and oxygen atoms in total. The second-order valence-electron chi connectivity index (χ2n) is 5.69. The molecule has 1 aliphatic carbocycles. The molecule has 0 bridgehead atoms. The molecule has 0 aromatic heterocycles. The van der Waals surface area contributed by atoms with E-state index in [1.165, 1.54) is 43.2 Å². The van der Waals surface area contributed by atoms with Gasteiger partial charge in [0, 0.05) is 6.04 Å². The second-order valence-corrected chi connectivity index (χ2v) is 5.69. The molecule has 0 saturated heterocycles. The van der Waals surface area contributed by atoms with Crippen molar-refractivity contribution >= 4 is 0 Å². The Morgan fingerprint density at radius 2 is 1.89 bits per heavy atom. The summed E-state index contributed by atoms with van der Waals surface area (Å²) in [4.78, 5) is 0. The standard InChI is InChI=1S/C17H27N/c1-3-13-9-5-7-11-15(13)17(18)16-12-8-6-10-14(16)4-2/h5,7,9,11,14,16-17H,3-4,6,8,10,12,18H2,1-2H3. The highest BCUT2D eigenvalue weighted by Gasteiger charge is 2.30. The fraction of sp³-hybridized carbons (Fsp3) is 0.647. The summed E-state index contributed by atoms with van der Waals surface area (Å²) in [6, 6.07) is 8.99. The normalized spacial score (nSPS) is 25.9. The Bertz CT molecular complexity index is 372. The number of hydrogen-bond donors (Lipinski definition) is 1. The van der Waals surface area contributed by atoms with Gasteiger partial charge in [-0.2, -0.15) is 0 Å². The van der Waals surface area contributed by atoms with Gasteiger partial charge in [0.15, 0.2) is 0 Å². The Morgan fingerprint density at radius 1 is 1.17 bits per heavy atom. The Hall–Kier alpha value is -0.820. The van der Waals surface area contributed by atoms with Crippen LogP contribution in [0.1, 0.15) is 63.1 Å². The van der Waals surface area contributed by atoms with E-state index in [0.717, 1.165) is 12.3 Å². The summed E-state index contributed by atoms with van der Waals surface area (Å²) < 4.78 is 0. The van der Waals surface area contributed by atoms with E-state index in [1.807, 2.05) is 0 Å². The fourth-order valence-corrected chi connectivity index (χ4v) is 3.63. The first kappa shape index (κ1) is 13.6. The highest BCUT2D eigenvalue weighted by Crippen LogP contribution is 2.39. The van der Waals surface area contributed by atoms with Crippen molar-refractivity contribution in [3.63, 3.8) is 0 Å². The van der Waals surface area contributed by atoms with E-state index < -0.39 is 0 Å². The van der Waals surface area contributed by atoms with Gasteiger partial charge in [0.05, 0.1) is 0 Å². The zero-order valence-corrected chi connectivity index (χ0v) is 11.9. The molecule has 1 aliphatic rings. The van der Waals surface area contributed by atoms with Crippen LogP contribution in [0.4, 0.5) is 0 Å². The van der Waals surface area contributed by atoms with Gasteiger partial charge in [-0.15, -0.1) is 0 Å². The first-order chi connectivity index (χ1) is 8.77. The van der Waals surface area contributed by atoms with E-state index in [-0.39, 0.29) is 6.04 Å². The summed E-state index contributed by atoms with van der Waals surface area (Å²) in [5.74, 6) is 1.52. The van der Waals surface area contributed by atoms with Crippen LogP contribution in [0.5, 0.6) is 0 Å². The average Bonchev–Trinajstić information content (AvgIpc) is 2.46. The first-order valence-corrected chi connectivity index (χ1v) is 7.61. The summed E-state index contributed by atoms with van der Waals surface area (Å²) in [6.07, 6.45) is 7.83. The van der Waals surface area contributed by atoms with Crippen molar-refractivity contribution in [2.45, 2.75) is 58.4 Å². The van der Waals surface area contributed by atoms with Crippen LogP contribution in [-0.2, 0) is 6.42 Å². The van der Waals surface area contributed by atoms with Crippen LogP contribution in [0.2, 0.25) is 0 Å². The Labute approximate surface area is 112 Å². The molecule has 18 heavy (non-hydrogen) atoms. The predicted octanol–water partition coefficient (Wildman–Crippen LogP) is 4.47. The van der Waals surface area contributed by atoms with Crippen molar-refractivity contribution in [3.8, 4) is 0 Å². The van der Waals surface area contributed by atoms with Gasteiger partial charge in [0.1, 0.15) is 0 Å². The summed E-state index contributed by atoms with van der Waals surface area (Å²) in [5.41, 5.74) is 9.44. The minimum atomic E-state index is 0.242. The van der Waals surface area contributed by atoms with Gasteiger partial charge >= 0.3 is 0 Å². The van der Waals surface area contributed by atoms with E-state index in [9.17, 15) is 0 Å². The van der Waals surface area contributed by atoms with Crippen LogP contribution in [0.25, 0.3) is 0 Å². The van der Waals surface area contributed by atoms with Gasteiger partial charge in [-0.1, -0.05) is 63.8 Å². The smallest absolute Gasteiger partial charge is 0.0328 e. The Kier molecular flexibility index (Phi) is 4.82. The van der Waals surface area contributed by atoms with Crippen LogP contribution in [0, 0.1) is 11.8 Å². The van der Waals surface area contributed by atoms with Gasteiger partial charge in [0.2, 0.25) is 0 Å². The zero-order chi connectivity index (χ0) is 13.0. The lowest BCUT2D eigenvalue weighted by atomic mass is 9.72. The van der Waals surface area contributed by atoms with Gasteiger partial charge in [-0.3, -0.25) is 0 Å². The van der Waals surface area contributed by atoms with Crippen LogP contribution < -0.4 is 5.73 Å². The molecule has 0 spiro atoms. The molecular weight excluding hydrogens is 218 g/mol. The zero-order valence-electron chi connectivity index (χ0n) is 11.9. The molecule has 2 N–H and O–H groups in total. The number of benzene rings is 1. The summed E-state index contributed by atoms with van der Waals surface area (Å²) in [7, 11) is 0. The van der Waals surface area contributed by atoms with Crippen molar-refractivity contribution in [3.05, 3.63) is 35.4 Å². The molecular formula is C17H27N. The monoisotopic (exact) mass is 245 g/mol. The topological polar surface area (TPSA) is 26.0 Å². The second kappa shape index (κ2) is 6.38. The van der Waals surface area contributed by atoms with Gasteiger partial charge < -0.3 is 5.73 Å². The quantitative estimate of drug-likeness (QED) is 0.832. The van der Waals surface area contributed by atoms with Crippen molar-refractivity contribution in [1.29, 1.82) is 0 Å². The van der Waals surface area contributed by atoms with Crippen LogP contribution in [0.3, 0.4) is 0 Å². The number of hydrogen-bond acceptors (Lipinski definition) is 1. The van der Waals surface area contributed by atoms with Gasteiger partial charge in [0.25, 0.3) is 0 Å².